The summed E-state index contributed by atoms with van der Waals surface area (Å²) in [7, 11) is 1.62. The Morgan fingerprint density at radius 1 is 1.00 bits per heavy atom. The van der Waals surface area contributed by atoms with Crippen LogP contribution in [0.2, 0.25) is 0 Å². The first kappa shape index (κ1) is 19.0. The topological polar surface area (TPSA) is 47.6 Å². The molecule has 0 spiro atoms. The minimum atomic E-state index is -0.205. The number of benzene rings is 3. The molecule has 1 fully saturated rings. The lowest BCUT2D eigenvalue weighted by molar-refractivity contribution is -0.118. The highest BCUT2D eigenvalue weighted by molar-refractivity contribution is 8.19. The van der Waals surface area contributed by atoms with E-state index < -0.39 is 0 Å². The largest absolute Gasteiger partial charge is 0.493 e. The number of hydrogen-bond acceptors (Lipinski definition) is 5. The predicted molar refractivity (Wildman–Crippen MR) is 119 cm³/mol. The smallest absolute Gasteiger partial charge is 0.262 e. The molecular weight excluding hydrogens is 390 g/mol. The van der Waals surface area contributed by atoms with Crippen LogP contribution in [0.25, 0.3) is 10.8 Å². The zero-order chi connectivity index (χ0) is 19.3. The summed E-state index contributed by atoms with van der Waals surface area (Å²) < 4.78 is 11.6. The average Bonchev–Trinajstić information content (AvgIpc) is 3.27. The molecule has 4 rings (SSSR count). The van der Waals surface area contributed by atoms with Gasteiger partial charge in [0.15, 0.2) is 18.1 Å². The third kappa shape index (κ3) is 4.39. The van der Waals surface area contributed by atoms with E-state index in [-0.39, 0.29) is 12.5 Å². The predicted octanol–water partition coefficient (Wildman–Crippen LogP) is 5.34. The van der Waals surface area contributed by atoms with Crippen LogP contribution in [-0.2, 0) is 4.79 Å². The molecule has 28 heavy (non-hydrogen) atoms. The van der Waals surface area contributed by atoms with Gasteiger partial charge in [0.1, 0.15) is 0 Å². The van der Waals surface area contributed by atoms with Gasteiger partial charge in [-0.25, -0.2) is 0 Å². The molecule has 0 radical (unpaired) electrons. The van der Waals surface area contributed by atoms with Gasteiger partial charge >= 0.3 is 0 Å². The van der Waals surface area contributed by atoms with Crippen LogP contribution in [0.1, 0.15) is 10.1 Å². The van der Waals surface area contributed by atoms with Crippen LogP contribution in [0.3, 0.4) is 0 Å². The molecule has 1 N–H and O–H groups in total. The molecule has 3 aromatic carbocycles. The quantitative estimate of drug-likeness (QED) is 0.593. The Morgan fingerprint density at radius 3 is 2.57 bits per heavy atom. The second kappa shape index (κ2) is 8.80. The molecular formula is C22H21NO3S2. The Kier molecular flexibility index (Phi) is 5.98. The number of anilines is 1. The molecule has 0 unspecified atom stereocenters. The van der Waals surface area contributed by atoms with Crippen LogP contribution in [0.15, 0.2) is 60.7 Å². The zero-order valence-corrected chi connectivity index (χ0v) is 17.1. The number of ether oxygens (including phenoxy) is 2. The van der Waals surface area contributed by atoms with Gasteiger partial charge in [0.25, 0.3) is 5.91 Å². The number of hydrogen-bond donors (Lipinski definition) is 1. The summed E-state index contributed by atoms with van der Waals surface area (Å²) in [6, 6.07) is 19.8. The zero-order valence-electron chi connectivity index (χ0n) is 15.5. The van der Waals surface area contributed by atoms with E-state index in [9.17, 15) is 4.79 Å². The Hall–Kier alpha value is -2.31. The number of thioether (sulfide) groups is 2. The number of methoxy groups -OCH3 is 1. The highest BCUT2D eigenvalue weighted by Crippen LogP contribution is 2.46. The molecule has 0 saturated carbocycles. The minimum Gasteiger partial charge on any atom is -0.493 e. The second-order valence-corrected chi connectivity index (χ2v) is 9.11. The second-order valence-electron chi connectivity index (χ2n) is 6.38. The molecule has 0 bridgehead atoms. The van der Waals surface area contributed by atoms with Crippen molar-refractivity contribution in [3.8, 4) is 11.5 Å². The van der Waals surface area contributed by atoms with Crippen LogP contribution < -0.4 is 14.8 Å². The van der Waals surface area contributed by atoms with Crippen LogP contribution >= 0.6 is 23.5 Å². The van der Waals surface area contributed by atoms with E-state index in [0.717, 1.165) is 16.5 Å². The first-order valence-electron chi connectivity index (χ1n) is 9.05. The first-order valence-corrected chi connectivity index (χ1v) is 11.2. The van der Waals surface area contributed by atoms with Gasteiger partial charge in [-0.3, -0.25) is 4.79 Å². The van der Waals surface area contributed by atoms with Crippen molar-refractivity contribution in [1.29, 1.82) is 0 Å². The maximum Gasteiger partial charge on any atom is 0.262 e. The van der Waals surface area contributed by atoms with Crippen LogP contribution in [-0.4, -0.2) is 31.1 Å². The summed E-state index contributed by atoms with van der Waals surface area (Å²) in [6.45, 7) is -0.0739. The van der Waals surface area contributed by atoms with E-state index in [2.05, 4.69) is 11.4 Å². The van der Waals surface area contributed by atoms with E-state index in [1.807, 2.05) is 78.1 Å². The summed E-state index contributed by atoms with van der Waals surface area (Å²) in [5.41, 5.74) is 1.97. The minimum absolute atomic E-state index is 0.0739. The molecule has 1 aliphatic heterocycles. The van der Waals surface area contributed by atoms with Gasteiger partial charge in [-0.1, -0.05) is 36.4 Å². The highest BCUT2D eigenvalue weighted by Gasteiger charge is 2.20. The molecule has 1 amide bonds. The van der Waals surface area contributed by atoms with Gasteiger partial charge < -0.3 is 14.8 Å². The van der Waals surface area contributed by atoms with E-state index in [0.29, 0.717) is 16.1 Å². The number of carbonyl (C=O) groups excluding carboxylic acids is 1. The standard InChI is InChI=1S/C22H21NO3S2/c1-25-20-13-17(22-27-10-11-28-22)7-9-19(20)26-14-21(24)23-18-8-6-15-4-2-3-5-16(15)12-18/h2-9,12-13,22H,10-11,14H2,1H3,(H,23,24). The molecule has 3 aromatic rings. The Labute approximate surface area is 173 Å². The summed E-state index contributed by atoms with van der Waals surface area (Å²) in [5, 5.41) is 5.11. The Bertz CT molecular complexity index is 986. The van der Waals surface area contributed by atoms with Crippen molar-refractivity contribution in [2.45, 2.75) is 4.58 Å². The molecule has 1 aliphatic rings. The summed E-state index contributed by atoms with van der Waals surface area (Å²) in [6.07, 6.45) is 0. The molecule has 0 atom stereocenters. The van der Waals surface area contributed by atoms with E-state index in [1.165, 1.54) is 17.1 Å². The van der Waals surface area contributed by atoms with Gasteiger partial charge in [-0.05, 0) is 40.6 Å². The molecule has 1 saturated heterocycles. The van der Waals surface area contributed by atoms with Crippen molar-refractivity contribution in [2.24, 2.45) is 0 Å². The highest BCUT2D eigenvalue weighted by atomic mass is 32.2. The number of rotatable bonds is 6. The molecule has 4 nitrogen and oxygen atoms in total. The third-order valence-corrected chi connectivity index (χ3v) is 7.58. The van der Waals surface area contributed by atoms with Gasteiger partial charge in [0.05, 0.1) is 11.7 Å². The Balaban J connectivity index is 1.39. The molecule has 144 valence electrons. The maximum atomic E-state index is 12.3. The fourth-order valence-corrected chi connectivity index (χ4v) is 5.95. The Morgan fingerprint density at radius 2 is 1.79 bits per heavy atom. The molecule has 1 heterocycles. The van der Waals surface area contributed by atoms with Crippen molar-refractivity contribution < 1.29 is 14.3 Å². The fourth-order valence-electron chi connectivity index (χ4n) is 3.11. The molecule has 0 aliphatic carbocycles. The monoisotopic (exact) mass is 411 g/mol. The summed E-state index contributed by atoms with van der Waals surface area (Å²) in [4.78, 5) is 12.3. The van der Waals surface area contributed by atoms with Crippen LogP contribution in [0.5, 0.6) is 11.5 Å². The lowest BCUT2D eigenvalue weighted by Gasteiger charge is -2.14. The van der Waals surface area contributed by atoms with Crippen LogP contribution in [0, 0.1) is 0 Å². The SMILES string of the molecule is COc1cc(C2SCCS2)ccc1OCC(=O)Nc1ccc2ccccc2c1. The lowest BCUT2D eigenvalue weighted by atomic mass is 10.1. The molecule has 6 heteroatoms. The lowest BCUT2D eigenvalue weighted by Crippen LogP contribution is -2.20. The van der Waals surface area contributed by atoms with Gasteiger partial charge in [-0.15, -0.1) is 23.5 Å². The van der Waals surface area contributed by atoms with Gasteiger partial charge in [-0.2, -0.15) is 0 Å². The maximum absolute atomic E-state index is 12.3. The van der Waals surface area contributed by atoms with Crippen molar-refractivity contribution in [1.82, 2.24) is 0 Å². The normalized spacial score (nSPS) is 14.2. The summed E-state index contributed by atoms with van der Waals surface area (Å²) >= 11 is 3.89. The fraction of sp³-hybridized carbons (Fsp3) is 0.227. The number of fused-ring (bicyclic) bond motifs is 1. The summed E-state index contributed by atoms with van der Waals surface area (Å²) in [5.74, 6) is 3.37. The van der Waals surface area contributed by atoms with E-state index in [1.54, 1.807) is 7.11 Å². The average molecular weight is 412 g/mol. The van der Waals surface area contributed by atoms with Crippen LogP contribution in [0.4, 0.5) is 5.69 Å². The van der Waals surface area contributed by atoms with Gasteiger partial charge in [0.2, 0.25) is 0 Å². The third-order valence-electron chi connectivity index (χ3n) is 4.47. The number of carbonyl (C=O) groups is 1. The number of nitrogens with one attached hydrogen (secondary N) is 1. The van der Waals surface area contributed by atoms with Crippen molar-refractivity contribution in [2.75, 3.05) is 30.5 Å². The van der Waals surface area contributed by atoms with E-state index >= 15 is 0 Å². The van der Waals surface area contributed by atoms with Gasteiger partial charge in [0, 0.05) is 17.2 Å². The molecule has 0 aromatic heterocycles. The number of amides is 1. The first-order chi connectivity index (χ1) is 13.7. The van der Waals surface area contributed by atoms with E-state index in [4.69, 9.17) is 9.47 Å². The van der Waals surface area contributed by atoms with Crippen molar-refractivity contribution in [3.63, 3.8) is 0 Å². The van der Waals surface area contributed by atoms with Crippen molar-refractivity contribution >= 4 is 45.9 Å². The van der Waals surface area contributed by atoms with Crippen molar-refractivity contribution in [3.05, 3.63) is 66.2 Å².